The van der Waals surface area contributed by atoms with Crippen molar-refractivity contribution >= 4 is 0 Å². The van der Waals surface area contributed by atoms with E-state index in [2.05, 4.69) is 43.4 Å². The van der Waals surface area contributed by atoms with Crippen LogP contribution in [0.4, 0.5) is 0 Å². The first-order chi connectivity index (χ1) is 9.79. The summed E-state index contributed by atoms with van der Waals surface area (Å²) in [5, 5.41) is 3.76. The molecule has 0 radical (unpaired) electrons. The Morgan fingerprint density at radius 3 is 2.90 bits per heavy atom. The van der Waals surface area contributed by atoms with Crippen molar-refractivity contribution in [1.82, 2.24) is 5.32 Å². The third kappa shape index (κ3) is 3.07. The highest BCUT2D eigenvalue weighted by molar-refractivity contribution is 5.31. The zero-order valence-corrected chi connectivity index (χ0v) is 12.8. The normalized spacial score (nSPS) is 29.8. The fraction of sp³-hybridized carbons (Fsp3) is 0.667. The molecule has 2 heteroatoms. The number of fused-ring (bicyclic) bond motifs is 1. The third-order valence-electron chi connectivity index (χ3n) is 4.91. The van der Waals surface area contributed by atoms with Crippen molar-refractivity contribution in [3.05, 3.63) is 35.4 Å². The predicted molar refractivity (Wildman–Crippen MR) is 82.8 cm³/mol. The van der Waals surface area contributed by atoms with E-state index < -0.39 is 0 Å². The molecule has 2 aliphatic rings. The second kappa shape index (κ2) is 6.28. The van der Waals surface area contributed by atoms with Crippen molar-refractivity contribution in [2.24, 2.45) is 11.8 Å². The lowest BCUT2D eigenvalue weighted by Gasteiger charge is -2.30. The molecule has 4 unspecified atom stereocenters. The summed E-state index contributed by atoms with van der Waals surface area (Å²) in [5.74, 6) is 1.75. The van der Waals surface area contributed by atoms with Gasteiger partial charge in [-0.15, -0.1) is 0 Å². The average molecular weight is 273 g/mol. The van der Waals surface area contributed by atoms with E-state index in [1.165, 1.54) is 24.0 Å². The van der Waals surface area contributed by atoms with Crippen molar-refractivity contribution in [3.8, 4) is 0 Å². The number of benzene rings is 1. The van der Waals surface area contributed by atoms with Gasteiger partial charge in [0.1, 0.15) is 0 Å². The summed E-state index contributed by atoms with van der Waals surface area (Å²) >= 11 is 0. The van der Waals surface area contributed by atoms with Crippen LogP contribution in [0.3, 0.4) is 0 Å². The maximum Gasteiger partial charge on any atom is 0.0842 e. The Kier molecular flexibility index (Phi) is 4.42. The first-order valence-corrected chi connectivity index (χ1v) is 8.22. The molecule has 110 valence electrons. The van der Waals surface area contributed by atoms with E-state index in [-0.39, 0.29) is 0 Å². The van der Waals surface area contributed by atoms with Gasteiger partial charge in [-0.3, -0.25) is 0 Å². The Morgan fingerprint density at radius 1 is 1.35 bits per heavy atom. The molecule has 0 amide bonds. The lowest BCUT2D eigenvalue weighted by molar-refractivity contribution is 0.0274. The van der Waals surface area contributed by atoms with Gasteiger partial charge in [0.25, 0.3) is 0 Å². The molecule has 1 heterocycles. The molecule has 1 aliphatic carbocycles. The molecule has 1 aromatic carbocycles. The van der Waals surface area contributed by atoms with Gasteiger partial charge in [0.15, 0.2) is 0 Å². The van der Waals surface area contributed by atoms with E-state index in [9.17, 15) is 0 Å². The molecule has 1 aliphatic heterocycles. The van der Waals surface area contributed by atoms with E-state index in [0.717, 1.165) is 37.8 Å². The zero-order valence-electron chi connectivity index (χ0n) is 12.8. The summed E-state index contributed by atoms with van der Waals surface area (Å²) < 4.78 is 6.09. The Hall–Kier alpha value is -0.860. The summed E-state index contributed by atoms with van der Waals surface area (Å²) in [6, 6.07) is 9.44. The molecule has 1 N–H and O–H groups in total. The molecule has 0 spiro atoms. The summed E-state index contributed by atoms with van der Waals surface area (Å²) in [6.45, 7) is 6.62. The van der Waals surface area contributed by atoms with E-state index in [4.69, 9.17) is 4.74 Å². The Labute approximate surface area is 122 Å². The van der Waals surface area contributed by atoms with Crippen molar-refractivity contribution in [2.45, 2.75) is 51.7 Å². The average Bonchev–Trinajstić information content (AvgIpc) is 3.20. The quantitative estimate of drug-likeness (QED) is 0.853. The van der Waals surface area contributed by atoms with Crippen LogP contribution in [0.5, 0.6) is 0 Å². The Balaban J connectivity index is 1.69. The van der Waals surface area contributed by atoms with E-state index in [1.54, 1.807) is 0 Å². The number of rotatable bonds is 6. The predicted octanol–water partition coefficient (Wildman–Crippen LogP) is 3.71. The fourth-order valence-corrected chi connectivity index (χ4v) is 3.55. The largest absolute Gasteiger partial charge is 0.373 e. The van der Waals surface area contributed by atoms with Gasteiger partial charge in [0.2, 0.25) is 0 Å². The van der Waals surface area contributed by atoms with Gasteiger partial charge in [-0.1, -0.05) is 38.1 Å². The SMILES string of the molecule is CCCNC(CC1OCCc2ccccc21)C1CC1C. The number of nitrogens with one attached hydrogen (secondary N) is 1. The highest BCUT2D eigenvalue weighted by Gasteiger charge is 2.40. The maximum absolute atomic E-state index is 6.09. The van der Waals surface area contributed by atoms with Gasteiger partial charge in [0, 0.05) is 6.04 Å². The van der Waals surface area contributed by atoms with Crippen LogP contribution in [0.25, 0.3) is 0 Å². The summed E-state index contributed by atoms with van der Waals surface area (Å²) in [7, 11) is 0. The van der Waals surface area contributed by atoms with Crippen LogP contribution >= 0.6 is 0 Å². The van der Waals surface area contributed by atoms with Crippen LogP contribution in [-0.4, -0.2) is 19.2 Å². The summed E-state index contributed by atoms with van der Waals surface area (Å²) in [4.78, 5) is 0. The fourth-order valence-electron chi connectivity index (χ4n) is 3.55. The van der Waals surface area contributed by atoms with E-state index in [0.29, 0.717) is 12.1 Å². The van der Waals surface area contributed by atoms with Gasteiger partial charge in [-0.2, -0.15) is 0 Å². The molecule has 0 aromatic heterocycles. The molecule has 0 bridgehead atoms. The molecule has 20 heavy (non-hydrogen) atoms. The first-order valence-electron chi connectivity index (χ1n) is 8.22. The number of ether oxygens (including phenoxy) is 1. The molecule has 1 fully saturated rings. The Morgan fingerprint density at radius 2 is 2.15 bits per heavy atom. The van der Waals surface area contributed by atoms with Crippen LogP contribution in [0.2, 0.25) is 0 Å². The highest BCUT2D eigenvalue weighted by atomic mass is 16.5. The van der Waals surface area contributed by atoms with Crippen molar-refractivity contribution < 1.29 is 4.74 Å². The highest BCUT2D eigenvalue weighted by Crippen LogP contribution is 2.44. The van der Waals surface area contributed by atoms with Crippen molar-refractivity contribution in [1.29, 1.82) is 0 Å². The van der Waals surface area contributed by atoms with Crippen LogP contribution < -0.4 is 5.32 Å². The smallest absolute Gasteiger partial charge is 0.0842 e. The van der Waals surface area contributed by atoms with Crippen LogP contribution in [0.15, 0.2) is 24.3 Å². The molecule has 1 aromatic rings. The van der Waals surface area contributed by atoms with E-state index in [1.807, 2.05) is 0 Å². The molecule has 2 nitrogen and oxygen atoms in total. The van der Waals surface area contributed by atoms with Gasteiger partial charge in [-0.05, 0) is 55.2 Å². The maximum atomic E-state index is 6.09. The lowest BCUT2D eigenvalue weighted by atomic mass is 9.92. The molecule has 4 atom stereocenters. The van der Waals surface area contributed by atoms with Gasteiger partial charge in [-0.25, -0.2) is 0 Å². The van der Waals surface area contributed by atoms with Crippen molar-refractivity contribution in [3.63, 3.8) is 0 Å². The standard InChI is InChI=1S/C18H27NO/c1-3-9-19-17(16-11-13(16)2)12-18-15-7-5-4-6-14(15)8-10-20-18/h4-7,13,16-19H,3,8-12H2,1-2H3. The molecule has 1 saturated carbocycles. The minimum absolute atomic E-state index is 0.294. The number of hydrogen-bond acceptors (Lipinski definition) is 2. The van der Waals surface area contributed by atoms with Crippen LogP contribution in [0, 0.1) is 11.8 Å². The van der Waals surface area contributed by atoms with E-state index >= 15 is 0 Å². The van der Waals surface area contributed by atoms with Gasteiger partial charge in [0.05, 0.1) is 12.7 Å². The van der Waals surface area contributed by atoms with Gasteiger partial charge < -0.3 is 10.1 Å². The lowest BCUT2D eigenvalue weighted by Crippen LogP contribution is -2.35. The summed E-state index contributed by atoms with van der Waals surface area (Å²) in [5.41, 5.74) is 2.91. The van der Waals surface area contributed by atoms with Gasteiger partial charge >= 0.3 is 0 Å². The molecule has 0 saturated heterocycles. The first kappa shape index (κ1) is 14.1. The molecular formula is C18H27NO. The Bertz CT molecular complexity index is 445. The van der Waals surface area contributed by atoms with Crippen LogP contribution in [0.1, 0.15) is 50.3 Å². The second-order valence-corrected chi connectivity index (χ2v) is 6.48. The monoisotopic (exact) mass is 273 g/mol. The number of hydrogen-bond donors (Lipinski definition) is 1. The second-order valence-electron chi connectivity index (χ2n) is 6.48. The van der Waals surface area contributed by atoms with Crippen LogP contribution in [-0.2, 0) is 11.2 Å². The zero-order chi connectivity index (χ0) is 13.9. The minimum Gasteiger partial charge on any atom is -0.373 e. The molecule has 3 rings (SSSR count). The van der Waals surface area contributed by atoms with Crippen molar-refractivity contribution in [2.75, 3.05) is 13.2 Å². The third-order valence-corrected chi connectivity index (χ3v) is 4.91. The molecular weight excluding hydrogens is 246 g/mol. The topological polar surface area (TPSA) is 21.3 Å². The minimum atomic E-state index is 0.294. The summed E-state index contributed by atoms with van der Waals surface area (Å²) in [6.07, 6.45) is 5.09.